The first-order chi connectivity index (χ1) is 14.5. The molecule has 7 heteroatoms. The number of carbonyl (C=O) groups is 2. The summed E-state index contributed by atoms with van der Waals surface area (Å²) in [5.41, 5.74) is 2.34. The molecule has 0 radical (unpaired) electrons. The van der Waals surface area contributed by atoms with Crippen molar-refractivity contribution < 1.29 is 19.1 Å². The maximum Gasteiger partial charge on any atom is 0.236 e. The van der Waals surface area contributed by atoms with Crippen LogP contribution in [0.2, 0.25) is 0 Å². The van der Waals surface area contributed by atoms with Gasteiger partial charge in [0, 0.05) is 50.7 Å². The van der Waals surface area contributed by atoms with Crippen molar-refractivity contribution in [2.75, 3.05) is 52.5 Å². The van der Waals surface area contributed by atoms with Crippen LogP contribution in [0, 0.1) is 12.8 Å². The number of aryl methyl sites for hydroxylation is 1. The summed E-state index contributed by atoms with van der Waals surface area (Å²) in [5, 5.41) is 0. The van der Waals surface area contributed by atoms with Gasteiger partial charge in [0.1, 0.15) is 11.9 Å². The first kappa shape index (κ1) is 21.1. The van der Waals surface area contributed by atoms with Gasteiger partial charge in [0.25, 0.3) is 0 Å². The minimum atomic E-state index is 0.0358. The summed E-state index contributed by atoms with van der Waals surface area (Å²) in [5.74, 6) is 1.34. The molecule has 1 atom stereocenters. The Morgan fingerprint density at radius 2 is 1.80 bits per heavy atom. The van der Waals surface area contributed by atoms with Gasteiger partial charge in [0.15, 0.2) is 0 Å². The molecule has 30 heavy (non-hydrogen) atoms. The van der Waals surface area contributed by atoms with E-state index in [1.165, 1.54) is 5.56 Å². The van der Waals surface area contributed by atoms with Crippen molar-refractivity contribution in [2.45, 2.75) is 39.3 Å². The molecule has 2 amide bonds. The molecule has 164 valence electrons. The molecule has 0 spiro atoms. The summed E-state index contributed by atoms with van der Waals surface area (Å²) in [6.45, 7) is 9.93. The van der Waals surface area contributed by atoms with Crippen molar-refractivity contribution in [3.05, 3.63) is 29.3 Å². The average molecular weight is 416 g/mol. The molecule has 0 saturated carbocycles. The minimum absolute atomic E-state index is 0.0358. The largest absolute Gasteiger partial charge is 0.489 e. The van der Waals surface area contributed by atoms with E-state index in [1.807, 2.05) is 15.9 Å². The van der Waals surface area contributed by atoms with Crippen molar-refractivity contribution in [1.29, 1.82) is 0 Å². The average Bonchev–Trinajstić information content (AvgIpc) is 2.90. The monoisotopic (exact) mass is 415 g/mol. The van der Waals surface area contributed by atoms with Crippen LogP contribution in [0.5, 0.6) is 5.75 Å². The van der Waals surface area contributed by atoms with Crippen molar-refractivity contribution >= 4 is 11.8 Å². The molecule has 1 aromatic carbocycles. The molecule has 3 heterocycles. The summed E-state index contributed by atoms with van der Waals surface area (Å²) < 4.78 is 11.4. The lowest BCUT2D eigenvalue weighted by molar-refractivity contribution is -0.144. The maximum atomic E-state index is 13.0. The number of likely N-dealkylation sites (tertiary alicyclic amines) is 1. The Morgan fingerprint density at radius 1 is 1.07 bits per heavy atom. The van der Waals surface area contributed by atoms with E-state index in [-0.39, 0.29) is 23.8 Å². The molecule has 2 fully saturated rings. The van der Waals surface area contributed by atoms with Crippen molar-refractivity contribution in [2.24, 2.45) is 5.92 Å². The minimum Gasteiger partial charge on any atom is -0.489 e. The van der Waals surface area contributed by atoms with E-state index < -0.39 is 0 Å². The standard InChI is InChI=1S/C23H33N3O4/c1-17-3-4-21-20(13-17)15-24(14-18(2)30-21)16-22(27)25-7-5-19(6-8-25)23(28)26-9-11-29-12-10-26/h3-4,13,18-19H,5-12,14-16H2,1-2H3/t18-/m1/s1. The first-order valence-corrected chi connectivity index (χ1v) is 11.1. The molecular formula is C23H33N3O4. The van der Waals surface area contributed by atoms with Gasteiger partial charge in [-0.2, -0.15) is 0 Å². The van der Waals surface area contributed by atoms with E-state index in [4.69, 9.17) is 9.47 Å². The molecule has 3 aliphatic heterocycles. The number of nitrogens with zero attached hydrogens (tertiary/aromatic N) is 3. The fraction of sp³-hybridized carbons (Fsp3) is 0.652. The lowest BCUT2D eigenvalue weighted by Gasteiger charge is -2.36. The summed E-state index contributed by atoms with van der Waals surface area (Å²) >= 11 is 0. The molecule has 3 aliphatic rings. The van der Waals surface area contributed by atoms with Crippen LogP contribution >= 0.6 is 0 Å². The smallest absolute Gasteiger partial charge is 0.236 e. The van der Waals surface area contributed by atoms with Crippen LogP contribution in [-0.4, -0.2) is 85.1 Å². The van der Waals surface area contributed by atoms with Gasteiger partial charge in [0.05, 0.1) is 19.8 Å². The highest BCUT2D eigenvalue weighted by atomic mass is 16.5. The number of hydrogen-bond donors (Lipinski definition) is 0. The molecule has 1 aromatic rings. The van der Waals surface area contributed by atoms with Crippen LogP contribution in [0.15, 0.2) is 18.2 Å². The summed E-state index contributed by atoms with van der Waals surface area (Å²) in [6.07, 6.45) is 1.55. The number of fused-ring (bicyclic) bond motifs is 1. The van der Waals surface area contributed by atoms with Crippen LogP contribution in [0.4, 0.5) is 0 Å². The normalized spacial score (nSPS) is 23.5. The van der Waals surface area contributed by atoms with Crippen molar-refractivity contribution in [3.63, 3.8) is 0 Å². The quantitative estimate of drug-likeness (QED) is 0.752. The Morgan fingerprint density at radius 3 is 2.53 bits per heavy atom. The third kappa shape index (κ3) is 4.95. The Balaban J connectivity index is 1.30. The number of rotatable bonds is 3. The van der Waals surface area contributed by atoms with Crippen LogP contribution in [0.25, 0.3) is 0 Å². The van der Waals surface area contributed by atoms with E-state index in [9.17, 15) is 9.59 Å². The van der Waals surface area contributed by atoms with Gasteiger partial charge in [-0.15, -0.1) is 0 Å². The van der Waals surface area contributed by atoms with E-state index in [2.05, 4.69) is 30.9 Å². The fourth-order valence-electron chi connectivity index (χ4n) is 4.70. The topological polar surface area (TPSA) is 62.3 Å². The molecule has 0 unspecified atom stereocenters. The molecule has 7 nitrogen and oxygen atoms in total. The maximum absolute atomic E-state index is 13.0. The van der Waals surface area contributed by atoms with Gasteiger partial charge < -0.3 is 19.3 Å². The third-order valence-corrected chi connectivity index (χ3v) is 6.33. The Bertz CT molecular complexity index is 770. The molecular weight excluding hydrogens is 382 g/mol. The van der Waals surface area contributed by atoms with E-state index in [1.54, 1.807) is 0 Å². The highest BCUT2D eigenvalue weighted by Crippen LogP contribution is 2.26. The summed E-state index contributed by atoms with van der Waals surface area (Å²) in [4.78, 5) is 31.7. The van der Waals surface area contributed by atoms with E-state index >= 15 is 0 Å². The van der Waals surface area contributed by atoms with Gasteiger partial charge >= 0.3 is 0 Å². The zero-order valence-corrected chi connectivity index (χ0v) is 18.1. The highest BCUT2D eigenvalue weighted by Gasteiger charge is 2.32. The van der Waals surface area contributed by atoms with Gasteiger partial charge in [0.2, 0.25) is 11.8 Å². The van der Waals surface area contributed by atoms with Crippen LogP contribution in [-0.2, 0) is 20.9 Å². The van der Waals surface area contributed by atoms with Crippen LogP contribution in [0.3, 0.4) is 0 Å². The van der Waals surface area contributed by atoms with Crippen LogP contribution < -0.4 is 4.74 Å². The zero-order valence-electron chi connectivity index (χ0n) is 18.1. The van der Waals surface area contributed by atoms with Gasteiger partial charge in [-0.25, -0.2) is 0 Å². The van der Waals surface area contributed by atoms with Crippen LogP contribution in [0.1, 0.15) is 30.9 Å². The van der Waals surface area contributed by atoms with Gasteiger partial charge in [-0.05, 0) is 32.8 Å². The lowest BCUT2D eigenvalue weighted by atomic mass is 9.95. The van der Waals surface area contributed by atoms with Gasteiger partial charge in [-0.3, -0.25) is 14.5 Å². The summed E-state index contributed by atoms with van der Waals surface area (Å²) in [7, 11) is 0. The molecule has 2 saturated heterocycles. The number of morpholine rings is 1. The number of hydrogen-bond acceptors (Lipinski definition) is 5. The Hall–Kier alpha value is -2.12. The van der Waals surface area contributed by atoms with E-state index in [0.29, 0.717) is 45.9 Å². The third-order valence-electron chi connectivity index (χ3n) is 6.33. The van der Waals surface area contributed by atoms with Crippen molar-refractivity contribution in [3.8, 4) is 5.75 Å². The number of amides is 2. The second-order valence-electron chi connectivity index (χ2n) is 8.80. The predicted molar refractivity (Wildman–Crippen MR) is 113 cm³/mol. The first-order valence-electron chi connectivity index (χ1n) is 11.1. The lowest BCUT2D eigenvalue weighted by Crippen LogP contribution is -2.49. The molecule has 0 bridgehead atoms. The molecule has 0 aliphatic carbocycles. The second-order valence-corrected chi connectivity index (χ2v) is 8.80. The van der Waals surface area contributed by atoms with Gasteiger partial charge in [-0.1, -0.05) is 17.7 Å². The van der Waals surface area contributed by atoms with Crippen molar-refractivity contribution in [1.82, 2.24) is 14.7 Å². The zero-order chi connectivity index (χ0) is 21.1. The number of ether oxygens (including phenoxy) is 2. The number of carbonyl (C=O) groups excluding carboxylic acids is 2. The number of piperidine rings is 1. The highest BCUT2D eigenvalue weighted by molar-refractivity contribution is 5.81. The molecule has 4 rings (SSSR count). The Kier molecular flexibility index (Phi) is 6.58. The second kappa shape index (κ2) is 9.35. The summed E-state index contributed by atoms with van der Waals surface area (Å²) in [6, 6.07) is 6.24. The molecule has 0 aromatic heterocycles. The fourth-order valence-corrected chi connectivity index (χ4v) is 4.70. The SMILES string of the molecule is Cc1ccc2c(c1)CN(CC(=O)N1CCC(C(=O)N3CCOCC3)CC1)C[C@@H](C)O2. The van der Waals surface area contributed by atoms with E-state index in [0.717, 1.165) is 37.2 Å². The molecule has 0 N–H and O–H groups in total. The number of benzene rings is 1. The Labute approximate surface area is 178 Å². The predicted octanol–water partition coefficient (Wildman–Crippen LogP) is 1.68.